The van der Waals surface area contributed by atoms with E-state index in [0.29, 0.717) is 9.80 Å². The van der Waals surface area contributed by atoms with Gasteiger partial charge in [0.1, 0.15) is 11.8 Å². The lowest BCUT2D eigenvalue weighted by Gasteiger charge is -2.34. The van der Waals surface area contributed by atoms with Crippen molar-refractivity contribution in [2.24, 2.45) is 5.16 Å². The number of hydrogen-bond donors (Lipinski definition) is 1. The SMILES string of the molecule is CC(C)N([C@@H](C)C(=O)O)P(=O)(ON=C1C(=O)N(C)C(=O)N(C)C1=O)Oc1ccccc1. The van der Waals surface area contributed by atoms with Crippen LogP contribution in [0.3, 0.4) is 0 Å². The third-order valence-electron chi connectivity index (χ3n) is 4.35. The molecule has 0 aromatic heterocycles. The fourth-order valence-corrected chi connectivity index (χ4v) is 4.63. The molecule has 12 nitrogen and oxygen atoms in total. The molecule has 0 spiro atoms. The fraction of sp³-hybridized carbons (Fsp3) is 0.389. The summed E-state index contributed by atoms with van der Waals surface area (Å²) < 4.78 is 25.3. The molecule has 168 valence electrons. The first-order valence-electron chi connectivity index (χ1n) is 9.13. The highest BCUT2D eigenvalue weighted by atomic mass is 31.2. The summed E-state index contributed by atoms with van der Waals surface area (Å²) in [7, 11) is -2.28. The Morgan fingerprint density at radius 3 is 2.03 bits per heavy atom. The van der Waals surface area contributed by atoms with Gasteiger partial charge in [-0.25, -0.2) is 9.36 Å². The molecular weight excluding hydrogens is 431 g/mol. The van der Waals surface area contributed by atoms with Crippen LogP contribution in [0.2, 0.25) is 0 Å². The number of rotatable bonds is 8. The summed E-state index contributed by atoms with van der Waals surface area (Å²) in [6.07, 6.45) is 0. The minimum Gasteiger partial charge on any atom is -0.480 e. The van der Waals surface area contributed by atoms with Gasteiger partial charge in [-0.05, 0) is 32.9 Å². The molecule has 1 aromatic carbocycles. The number of urea groups is 1. The van der Waals surface area contributed by atoms with Crippen LogP contribution in [0.15, 0.2) is 35.5 Å². The van der Waals surface area contributed by atoms with Gasteiger partial charge in [-0.15, -0.1) is 0 Å². The number of barbiturate groups is 1. The zero-order valence-corrected chi connectivity index (χ0v) is 18.5. The zero-order chi connectivity index (χ0) is 23.5. The van der Waals surface area contributed by atoms with E-state index < -0.39 is 49.4 Å². The molecule has 4 amide bonds. The Balaban J connectivity index is 2.52. The molecule has 31 heavy (non-hydrogen) atoms. The molecule has 1 aliphatic rings. The number of hydrogen-bond acceptors (Lipinski definition) is 8. The van der Waals surface area contributed by atoms with Gasteiger partial charge in [-0.2, -0.15) is 4.67 Å². The van der Waals surface area contributed by atoms with Crippen LogP contribution in [0.4, 0.5) is 4.79 Å². The lowest BCUT2D eigenvalue weighted by Crippen LogP contribution is -2.57. The normalized spacial score (nSPS) is 17.6. The molecule has 1 aliphatic heterocycles. The highest BCUT2D eigenvalue weighted by molar-refractivity contribution is 7.51. The van der Waals surface area contributed by atoms with E-state index >= 15 is 0 Å². The molecule has 1 fully saturated rings. The number of amides is 4. The lowest BCUT2D eigenvalue weighted by molar-refractivity contribution is -0.142. The number of carbonyl (C=O) groups is 4. The molecule has 0 bridgehead atoms. The minimum atomic E-state index is -4.55. The van der Waals surface area contributed by atoms with Crippen molar-refractivity contribution in [3.8, 4) is 5.75 Å². The van der Waals surface area contributed by atoms with Crippen molar-refractivity contribution < 1.29 is 38.0 Å². The summed E-state index contributed by atoms with van der Waals surface area (Å²) >= 11 is 0. The van der Waals surface area contributed by atoms with Gasteiger partial charge in [0.25, 0.3) is 11.8 Å². The first-order valence-corrected chi connectivity index (χ1v) is 10.6. The van der Waals surface area contributed by atoms with Crippen LogP contribution < -0.4 is 4.52 Å². The Morgan fingerprint density at radius 2 is 1.58 bits per heavy atom. The number of oxime groups is 1. The maximum absolute atomic E-state index is 13.7. The van der Waals surface area contributed by atoms with Gasteiger partial charge in [-0.1, -0.05) is 23.4 Å². The van der Waals surface area contributed by atoms with Gasteiger partial charge in [0.05, 0.1) is 0 Å². The van der Waals surface area contributed by atoms with E-state index in [9.17, 15) is 28.8 Å². The first kappa shape index (κ1) is 24.0. The van der Waals surface area contributed by atoms with Gasteiger partial charge >= 0.3 is 19.7 Å². The quantitative estimate of drug-likeness (QED) is 0.459. The number of aliphatic carboxylic acids is 1. The largest absolute Gasteiger partial charge is 0.536 e. The molecule has 1 unspecified atom stereocenters. The van der Waals surface area contributed by atoms with E-state index in [4.69, 9.17) is 9.15 Å². The van der Waals surface area contributed by atoms with Crippen molar-refractivity contribution in [1.29, 1.82) is 0 Å². The third-order valence-corrected chi connectivity index (χ3v) is 6.46. The molecule has 1 heterocycles. The number of para-hydroxylation sites is 1. The van der Waals surface area contributed by atoms with Crippen LogP contribution >= 0.6 is 7.75 Å². The number of benzene rings is 1. The van der Waals surface area contributed by atoms with Crippen LogP contribution in [-0.4, -0.2) is 75.3 Å². The Labute approximate surface area is 178 Å². The number of carboxylic acid groups (broad SMARTS) is 1. The van der Waals surface area contributed by atoms with Gasteiger partial charge in [-0.3, -0.25) is 28.8 Å². The average Bonchev–Trinajstić information content (AvgIpc) is 2.71. The molecular formula is C18H23N4O8P. The number of imide groups is 2. The molecule has 13 heteroatoms. The van der Waals surface area contributed by atoms with Crippen LogP contribution in [0.25, 0.3) is 0 Å². The predicted molar refractivity (Wildman–Crippen MR) is 108 cm³/mol. The highest BCUT2D eigenvalue weighted by Crippen LogP contribution is 2.54. The summed E-state index contributed by atoms with van der Waals surface area (Å²) in [5, 5.41) is 12.9. The number of carboxylic acids is 1. The summed E-state index contributed by atoms with van der Waals surface area (Å²) in [6, 6.07) is 4.92. The predicted octanol–water partition coefficient (Wildman–Crippen LogP) is 1.78. The molecule has 1 aromatic rings. The lowest BCUT2D eigenvalue weighted by atomic mass is 10.2. The van der Waals surface area contributed by atoms with E-state index in [-0.39, 0.29) is 5.75 Å². The van der Waals surface area contributed by atoms with Crippen LogP contribution in [0.1, 0.15) is 20.8 Å². The molecule has 0 radical (unpaired) electrons. The van der Waals surface area contributed by atoms with Crippen LogP contribution in [-0.2, 0) is 23.6 Å². The second-order valence-electron chi connectivity index (χ2n) is 6.89. The maximum atomic E-state index is 13.7. The van der Waals surface area contributed by atoms with E-state index in [0.717, 1.165) is 18.8 Å². The Kier molecular flexibility index (Phi) is 7.19. The Hall–Kier alpha value is -3.24. The van der Waals surface area contributed by atoms with Crippen molar-refractivity contribution in [2.45, 2.75) is 32.9 Å². The monoisotopic (exact) mass is 454 g/mol. The van der Waals surface area contributed by atoms with Crippen molar-refractivity contribution in [3.05, 3.63) is 30.3 Å². The van der Waals surface area contributed by atoms with Crippen LogP contribution in [0.5, 0.6) is 5.75 Å². The molecule has 1 N–H and O–H groups in total. The standard InChI is InChI=1S/C18H23N4O8P/c1-11(2)22(12(3)17(25)26)31(28,29-13-9-7-6-8-10-13)30-19-14-15(23)20(4)18(27)21(5)16(14)24/h6-12H,1-5H3,(H,25,26)/t12-,31?/m0/s1. The topological polar surface area (TPSA) is 146 Å². The van der Waals surface area contributed by atoms with Crippen molar-refractivity contribution in [2.75, 3.05) is 14.1 Å². The highest BCUT2D eigenvalue weighted by Gasteiger charge is 2.47. The molecule has 0 aliphatic carbocycles. The smallest absolute Gasteiger partial charge is 0.480 e. The summed E-state index contributed by atoms with van der Waals surface area (Å²) in [4.78, 5) is 49.4. The van der Waals surface area contributed by atoms with Crippen molar-refractivity contribution in [1.82, 2.24) is 14.5 Å². The van der Waals surface area contributed by atoms with E-state index in [1.54, 1.807) is 32.0 Å². The van der Waals surface area contributed by atoms with E-state index in [1.165, 1.54) is 19.1 Å². The first-order chi connectivity index (χ1) is 14.4. The van der Waals surface area contributed by atoms with Gasteiger partial charge in [0, 0.05) is 20.1 Å². The van der Waals surface area contributed by atoms with Crippen molar-refractivity contribution >= 4 is 37.3 Å². The van der Waals surface area contributed by atoms with Gasteiger partial charge in [0.2, 0.25) is 5.71 Å². The molecule has 0 saturated carbocycles. The van der Waals surface area contributed by atoms with Crippen LogP contribution in [0, 0.1) is 0 Å². The van der Waals surface area contributed by atoms with Gasteiger partial charge in [0.15, 0.2) is 0 Å². The zero-order valence-electron chi connectivity index (χ0n) is 17.6. The second-order valence-corrected chi connectivity index (χ2v) is 8.64. The Bertz CT molecular complexity index is 939. The summed E-state index contributed by atoms with van der Waals surface area (Å²) in [5.41, 5.74) is -0.812. The maximum Gasteiger partial charge on any atom is 0.536 e. The van der Waals surface area contributed by atoms with Gasteiger partial charge < -0.3 is 9.63 Å². The molecule has 1 saturated heterocycles. The minimum absolute atomic E-state index is 0.0833. The molecule has 2 atom stereocenters. The van der Waals surface area contributed by atoms with E-state index in [2.05, 4.69) is 5.16 Å². The molecule has 2 rings (SSSR count). The van der Waals surface area contributed by atoms with E-state index in [1.807, 2.05) is 0 Å². The summed E-state index contributed by atoms with van der Waals surface area (Å²) in [5.74, 6) is -3.36. The second kappa shape index (κ2) is 9.27. The Morgan fingerprint density at radius 1 is 1.06 bits per heavy atom. The van der Waals surface area contributed by atoms with Crippen molar-refractivity contribution in [3.63, 3.8) is 0 Å². The summed E-state index contributed by atoms with van der Waals surface area (Å²) in [6.45, 7) is 4.40. The third kappa shape index (κ3) is 4.92. The number of nitrogens with zero attached hydrogens (tertiary/aromatic N) is 4. The fourth-order valence-electron chi connectivity index (χ4n) is 2.75. The number of carbonyl (C=O) groups excluding carboxylic acids is 3. The average molecular weight is 454 g/mol.